The van der Waals surface area contributed by atoms with Crippen molar-refractivity contribution in [3.8, 4) is 11.8 Å². The number of hydrogen-bond acceptors (Lipinski definition) is 4. The maximum atomic E-state index is 12.6. The maximum absolute atomic E-state index is 12.6. The summed E-state index contributed by atoms with van der Waals surface area (Å²) in [5.74, 6) is 0.0972. The van der Waals surface area contributed by atoms with Crippen molar-refractivity contribution in [2.24, 2.45) is 0 Å². The molecule has 2 rings (SSSR count). The van der Waals surface area contributed by atoms with Crippen LogP contribution in [-0.2, 0) is 0 Å². The van der Waals surface area contributed by atoms with Crippen molar-refractivity contribution in [2.75, 3.05) is 24.8 Å². The molecule has 0 unspecified atom stereocenters. The minimum absolute atomic E-state index is 0.255. The van der Waals surface area contributed by atoms with Gasteiger partial charge in [0.1, 0.15) is 0 Å². The van der Waals surface area contributed by atoms with Crippen LogP contribution in [0.2, 0.25) is 0 Å². The van der Waals surface area contributed by atoms with Gasteiger partial charge < -0.3 is 15.4 Å². The van der Waals surface area contributed by atoms with Gasteiger partial charge in [-0.15, -0.1) is 0 Å². The Morgan fingerprint density at radius 3 is 2.67 bits per heavy atom. The molecule has 5 heteroatoms. The number of methoxy groups -OCH3 is 1. The second kappa shape index (κ2) is 5.97. The quantitative estimate of drug-likeness (QED) is 0.876. The van der Waals surface area contributed by atoms with E-state index in [4.69, 9.17) is 15.7 Å². The molecule has 21 heavy (non-hydrogen) atoms. The molecule has 2 aromatic rings. The largest absolute Gasteiger partial charge is 0.494 e. The number of nitrogens with two attached hydrogens (primary N) is 1. The van der Waals surface area contributed by atoms with Crippen LogP contribution in [0.3, 0.4) is 0 Å². The van der Waals surface area contributed by atoms with E-state index in [9.17, 15) is 4.79 Å². The van der Waals surface area contributed by atoms with Gasteiger partial charge in [0.15, 0.2) is 5.75 Å². The number of carbonyl (C=O) groups is 1. The number of ether oxygens (including phenoxy) is 1. The molecule has 0 aliphatic rings. The SMILES string of the molecule is COc1c(N)cccc1C(=O)N(C)c1cccc(C#N)c1. The third-order valence-corrected chi connectivity index (χ3v) is 3.15. The van der Waals surface area contributed by atoms with Crippen molar-refractivity contribution in [1.29, 1.82) is 5.26 Å². The van der Waals surface area contributed by atoms with E-state index in [1.54, 1.807) is 49.5 Å². The molecule has 0 atom stereocenters. The van der Waals surface area contributed by atoms with Crippen LogP contribution in [0.4, 0.5) is 11.4 Å². The first kappa shape index (κ1) is 14.4. The summed E-state index contributed by atoms with van der Waals surface area (Å²) in [6.45, 7) is 0. The molecule has 106 valence electrons. The molecule has 0 radical (unpaired) electrons. The van der Waals surface area contributed by atoms with Gasteiger partial charge in [-0.3, -0.25) is 4.79 Å². The minimum Gasteiger partial charge on any atom is -0.494 e. The molecular formula is C16H15N3O2. The van der Waals surface area contributed by atoms with Gasteiger partial charge in [0.2, 0.25) is 0 Å². The Morgan fingerprint density at radius 2 is 2.00 bits per heavy atom. The van der Waals surface area contributed by atoms with Crippen molar-refractivity contribution in [3.63, 3.8) is 0 Å². The molecule has 0 saturated heterocycles. The number of nitrogens with zero attached hydrogens (tertiary/aromatic N) is 2. The van der Waals surface area contributed by atoms with E-state index in [0.29, 0.717) is 28.3 Å². The van der Waals surface area contributed by atoms with E-state index in [0.717, 1.165) is 0 Å². The zero-order valence-electron chi connectivity index (χ0n) is 11.8. The number of carbonyl (C=O) groups excluding carboxylic acids is 1. The second-order valence-corrected chi connectivity index (χ2v) is 4.45. The average molecular weight is 281 g/mol. The lowest BCUT2D eigenvalue weighted by molar-refractivity contribution is 0.0990. The molecule has 0 bridgehead atoms. The van der Waals surface area contributed by atoms with E-state index >= 15 is 0 Å². The summed E-state index contributed by atoms with van der Waals surface area (Å²) in [7, 11) is 3.11. The summed E-state index contributed by atoms with van der Waals surface area (Å²) in [4.78, 5) is 14.0. The van der Waals surface area contributed by atoms with E-state index in [-0.39, 0.29) is 5.91 Å². The Labute approximate surface area is 123 Å². The monoisotopic (exact) mass is 281 g/mol. The molecule has 0 spiro atoms. The minimum atomic E-state index is -0.255. The van der Waals surface area contributed by atoms with Gasteiger partial charge in [-0.2, -0.15) is 5.26 Å². The number of rotatable bonds is 3. The van der Waals surface area contributed by atoms with Crippen LogP contribution >= 0.6 is 0 Å². The van der Waals surface area contributed by atoms with Gasteiger partial charge >= 0.3 is 0 Å². The standard InChI is InChI=1S/C16H15N3O2/c1-19(12-6-3-5-11(9-12)10-17)16(20)13-7-4-8-14(18)15(13)21-2/h3-9H,18H2,1-2H3. The number of para-hydroxylation sites is 1. The van der Waals surface area contributed by atoms with Crippen molar-refractivity contribution < 1.29 is 9.53 Å². The highest BCUT2D eigenvalue weighted by Crippen LogP contribution is 2.28. The zero-order chi connectivity index (χ0) is 15.4. The first-order valence-corrected chi connectivity index (χ1v) is 6.29. The number of nitriles is 1. The lowest BCUT2D eigenvalue weighted by Gasteiger charge is -2.19. The van der Waals surface area contributed by atoms with E-state index in [2.05, 4.69) is 0 Å². The molecule has 0 aliphatic carbocycles. The van der Waals surface area contributed by atoms with Crippen LogP contribution in [0, 0.1) is 11.3 Å². The molecule has 5 nitrogen and oxygen atoms in total. The summed E-state index contributed by atoms with van der Waals surface area (Å²) < 4.78 is 5.20. The average Bonchev–Trinajstić information content (AvgIpc) is 2.53. The molecule has 0 aromatic heterocycles. The number of anilines is 2. The number of benzene rings is 2. The Morgan fingerprint density at radius 1 is 1.29 bits per heavy atom. The van der Waals surface area contributed by atoms with Crippen LogP contribution in [-0.4, -0.2) is 20.1 Å². The predicted molar refractivity (Wildman–Crippen MR) is 81.3 cm³/mol. The van der Waals surface area contributed by atoms with Crippen LogP contribution in [0.15, 0.2) is 42.5 Å². The Bertz CT molecular complexity index is 720. The van der Waals surface area contributed by atoms with Crippen LogP contribution in [0.5, 0.6) is 5.75 Å². The van der Waals surface area contributed by atoms with Crippen LogP contribution in [0.1, 0.15) is 15.9 Å². The number of nitrogen functional groups attached to an aromatic ring is 1. The van der Waals surface area contributed by atoms with Gasteiger partial charge in [0, 0.05) is 12.7 Å². The predicted octanol–water partition coefficient (Wildman–Crippen LogP) is 2.43. The summed E-state index contributed by atoms with van der Waals surface area (Å²) in [6.07, 6.45) is 0. The highest BCUT2D eigenvalue weighted by atomic mass is 16.5. The Hall–Kier alpha value is -3.00. The normalized spacial score (nSPS) is 9.76. The topological polar surface area (TPSA) is 79.3 Å². The van der Waals surface area contributed by atoms with Crippen molar-refractivity contribution in [2.45, 2.75) is 0 Å². The molecule has 1 amide bonds. The van der Waals surface area contributed by atoms with Crippen LogP contribution < -0.4 is 15.4 Å². The summed E-state index contributed by atoms with van der Waals surface area (Å²) in [5, 5.41) is 8.93. The molecule has 0 fully saturated rings. The van der Waals surface area contributed by atoms with Crippen molar-refractivity contribution in [1.82, 2.24) is 0 Å². The smallest absolute Gasteiger partial charge is 0.261 e. The molecule has 2 aromatic carbocycles. The Balaban J connectivity index is 2.40. The Kier molecular flexibility index (Phi) is 4.10. The summed E-state index contributed by atoms with van der Waals surface area (Å²) in [6, 6.07) is 13.9. The fraction of sp³-hybridized carbons (Fsp3) is 0.125. The van der Waals surface area contributed by atoms with E-state index in [1.807, 2.05) is 6.07 Å². The highest BCUT2D eigenvalue weighted by Gasteiger charge is 2.19. The third kappa shape index (κ3) is 2.79. The van der Waals surface area contributed by atoms with Gasteiger partial charge in [-0.05, 0) is 30.3 Å². The number of amides is 1. The summed E-state index contributed by atoms with van der Waals surface area (Å²) in [5.41, 5.74) is 7.72. The van der Waals surface area contributed by atoms with Gasteiger partial charge in [-0.1, -0.05) is 12.1 Å². The maximum Gasteiger partial charge on any atom is 0.261 e. The zero-order valence-corrected chi connectivity index (χ0v) is 11.8. The summed E-state index contributed by atoms with van der Waals surface area (Å²) >= 11 is 0. The highest BCUT2D eigenvalue weighted by molar-refractivity contribution is 6.08. The fourth-order valence-electron chi connectivity index (χ4n) is 2.03. The van der Waals surface area contributed by atoms with Gasteiger partial charge in [-0.25, -0.2) is 0 Å². The van der Waals surface area contributed by atoms with E-state index < -0.39 is 0 Å². The van der Waals surface area contributed by atoms with Crippen molar-refractivity contribution >= 4 is 17.3 Å². The van der Waals surface area contributed by atoms with Crippen molar-refractivity contribution in [3.05, 3.63) is 53.6 Å². The molecule has 0 heterocycles. The lowest BCUT2D eigenvalue weighted by atomic mass is 10.1. The molecule has 2 N–H and O–H groups in total. The first-order valence-electron chi connectivity index (χ1n) is 6.29. The fourth-order valence-corrected chi connectivity index (χ4v) is 2.03. The van der Waals surface area contributed by atoms with E-state index in [1.165, 1.54) is 12.0 Å². The van der Waals surface area contributed by atoms with Gasteiger partial charge in [0.25, 0.3) is 5.91 Å². The third-order valence-electron chi connectivity index (χ3n) is 3.15. The first-order chi connectivity index (χ1) is 10.1. The molecule has 0 aliphatic heterocycles. The van der Waals surface area contributed by atoms with Gasteiger partial charge in [0.05, 0.1) is 30.0 Å². The second-order valence-electron chi connectivity index (χ2n) is 4.45. The molecule has 0 saturated carbocycles. The molecular weight excluding hydrogens is 266 g/mol. The lowest BCUT2D eigenvalue weighted by Crippen LogP contribution is -2.26. The number of hydrogen-bond donors (Lipinski definition) is 1. The van der Waals surface area contributed by atoms with Crippen LogP contribution in [0.25, 0.3) is 0 Å².